The standard InChI is InChI=1S/C22H26N4O2/c1-14-23-13-20(28-14)16-4-5-17-12-24-21(11-18(17)10-16)25-22(27)15-6-8-19(9-7-15)26(2)3/h4-5,10-13,15,19H,6-9H2,1-3H3,(H,24,25,27). The summed E-state index contributed by atoms with van der Waals surface area (Å²) >= 11 is 0. The van der Waals surface area contributed by atoms with Crippen LogP contribution in [-0.2, 0) is 4.79 Å². The number of anilines is 1. The van der Waals surface area contributed by atoms with Gasteiger partial charge in [0.25, 0.3) is 0 Å². The molecule has 1 N–H and O–H groups in total. The van der Waals surface area contributed by atoms with E-state index < -0.39 is 0 Å². The zero-order chi connectivity index (χ0) is 19.7. The van der Waals surface area contributed by atoms with Gasteiger partial charge in [0.15, 0.2) is 11.7 Å². The predicted octanol–water partition coefficient (Wildman–Crippen LogP) is 4.26. The lowest BCUT2D eigenvalue weighted by molar-refractivity contribution is -0.121. The fourth-order valence-corrected chi connectivity index (χ4v) is 3.94. The molecule has 0 unspecified atom stereocenters. The lowest BCUT2D eigenvalue weighted by Gasteiger charge is -2.31. The Kier molecular flexibility index (Phi) is 5.13. The Morgan fingerprint density at radius 2 is 1.86 bits per heavy atom. The smallest absolute Gasteiger partial charge is 0.228 e. The average molecular weight is 378 g/mol. The quantitative estimate of drug-likeness (QED) is 0.735. The van der Waals surface area contributed by atoms with Crippen LogP contribution < -0.4 is 5.32 Å². The van der Waals surface area contributed by atoms with Gasteiger partial charge in [0.2, 0.25) is 5.91 Å². The average Bonchev–Trinajstić information content (AvgIpc) is 3.14. The third-order valence-corrected chi connectivity index (χ3v) is 5.68. The number of hydrogen-bond acceptors (Lipinski definition) is 5. The predicted molar refractivity (Wildman–Crippen MR) is 110 cm³/mol. The highest BCUT2D eigenvalue weighted by molar-refractivity contribution is 5.94. The Balaban J connectivity index is 1.49. The fraction of sp³-hybridized carbons (Fsp3) is 0.409. The van der Waals surface area contributed by atoms with Crippen molar-refractivity contribution in [3.8, 4) is 11.3 Å². The molecule has 0 spiro atoms. The maximum absolute atomic E-state index is 12.7. The Morgan fingerprint density at radius 3 is 2.54 bits per heavy atom. The summed E-state index contributed by atoms with van der Waals surface area (Å²) in [7, 11) is 4.22. The van der Waals surface area contributed by atoms with E-state index in [1.807, 2.05) is 31.2 Å². The molecule has 6 nitrogen and oxygen atoms in total. The van der Waals surface area contributed by atoms with E-state index in [1.165, 1.54) is 0 Å². The van der Waals surface area contributed by atoms with E-state index in [4.69, 9.17) is 4.42 Å². The van der Waals surface area contributed by atoms with Gasteiger partial charge in [0, 0.05) is 36.0 Å². The molecule has 0 radical (unpaired) electrons. The van der Waals surface area contributed by atoms with Crippen molar-refractivity contribution < 1.29 is 9.21 Å². The number of benzene rings is 1. The third kappa shape index (κ3) is 3.92. The minimum Gasteiger partial charge on any atom is -0.441 e. The number of nitrogens with zero attached hydrogens (tertiary/aromatic N) is 3. The lowest BCUT2D eigenvalue weighted by Crippen LogP contribution is -2.35. The van der Waals surface area contributed by atoms with E-state index in [1.54, 1.807) is 12.4 Å². The number of fused-ring (bicyclic) bond motifs is 1. The third-order valence-electron chi connectivity index (χ3n) is 5.68. The summed E-state index contributed by atoms with van der Waals surface area (Å²) in [5, 5.41) is 5.04. The molecule has 3 aromatic rings. The van der Waals surface area contributed by atoms with Crippen LogP contribution in [0.1, 0.15) is 31.6 Å². The van der Waals surface area contributed by atoms with Gasteiger partial charge in [0.05, 0.1) is 6.20 Å². The molecule has 0 bridgehead atoms. The molecule has 28 heavy (non-hydrogen) atoms. The molecule has 0 aliphatic heterocycles. The van der Waals surface area contributed by atoms with E-state index >= 15 is 0 Å². The van der Waals surface area contributed by atoms with Gasteiger partial charge < -0.3 is 14.6 Å². The molecule has 2 heterocycles. The zero-order valence-corrected chi connectivity index (χ0v) is 16.6. The number of oxazole rings is 1. The number of rotatable bonds is 4. The molecular formula is C22H26N4O2. The summed E-state index contributed by atoms with van der Waals surface area (Å²) in [5.74, 6) is 2.11. The second kappa shape index (κ2) is 7.72. The van der Waals surface area contributed by atoms with Crippen LogP contribution in [0.15, 0.2) is 41.1 Å². The second-order valence-electron chi connectivity index (χ2n) is 7.83. The normalized spacial score (nSPS) is 19.9. The van der Waals surface area contributed by atoms with Crippen LogP contribution >= 0.6 is 0 Å². The van der Waals surface area contributed by atoms with Crippen molar-refractivity contribution in [1.82, 2.24) is 14.9 Å². The summed E-state index contributed by atoms with van der Waals surface area (Å²) in [6.07, 6.45) is 7.51. The summed E-state index contributed by atoms with van der Waals surface area (Å²) < 4.78 is 5.62. The Morgan fingerprint density at radius 1 is 1.07 bits per heavy atom. The van der Waals surface area contributed by atoms with Gasteiger partial charge in [0.1, 0.15) is 5.82 Å². The van der Waals surface area contributed by atoms with Gasteiger partial charge in [-0.3, -0.25) is 4.79 Å². The number of pyridine rings is 1. The largest absolute Gasteiger partial charge is 0.441 e. The molecular weight excluding hydrogens is 352 g/mol. The highest BCUT2D eigenvalue weighted by atomic mass is 16.4. The molecule has 0 saturated heterocycles. The molecule has 6 heteroatoms. The van der Waals surface area contributed by atoms with Gasteiger partial charge in [-0.2, -0.15) is 0 Å². The maximum atomic E-state index is 12.7. The van der Waals surface area contributed by atoms with Crippen LogP contribution in [0.3, 0.4) is 0 Å². The topological polar surface area (TPSA) is 71.3 Å². The Hall–Kier alpha value is -2.73. The first-order chi connectivity index (χ1) is 13.5. The lowest BCUT2D eigenvalue weighted by atomic mass is 9.85. The van der Waals surface area contributed by atoms with Gasteiger partial charge in [-0.1, -0.05) is 12.1 Å². The van der Waals surface area contributed by atoms with Crippen molar-refractivity contribution in [2.45, 2.75) is 38.6 Å². The molecule has 1 aliphatic rings. The summed E-state index contributed by atoms with van der Waals surface area (Å²) in [4.78, 5) is 23.5. The first-order valence-electron chi connectivity index (χ1n) is 9.79. The fourth-order valence-electron chi connectivity index (χ4n) is 3.94. The molecule has 4 rings (SSSR count). The van der Waals surface area contributed by atoms with Crippen LogP contribution in [0.5, 0.6) is 0 Å². The molecule has 146 valence electrons. The number of carbonyl (C=O) groups excluding carboxylic acids is 1. The maximum Gasteiger partial charge on any atom is 0.228 e. The van der Waals surface area contributed by atoms with Crippen molar-refractivity contribution in [2.75, 3.05) is 19.4 Å². The first kappa shape index (κ1) is 18.6. The molecule has 1 saturated carbocycles. The van der Waals surface area contributed by atoms with Gasteiger partial charge in [-0.05, 0) is 57.3 Å². The number of amides is 1. The molecule has 2 aromatic heterocycles. The van der Waals surface area contributed by atoms with E-state index in [9.17, 15) is 4.79 Å². The van der Waals surface area contributed by atoms with Crippen LogP contribution in [-0.4, -0.2) is 40.9 Å². The van der Waals surface area contributed by atoms with E-state index in [2.05, 4.69) is 34.3 Å². The minimum atomic E-state index is 0.0669. The highest BCUT2D eigenvalue weighted by Crippen LogP contribution is 2.29. The second-order valence-corrected chi connectivity index (χ2v) is 7.83. The summed E-state index contributed by atoms with van der Waals surface area (Å²) in [6.45, 7) is 1.83. The van der Waals surface area contributed by atoms with Crippen molar-refractivity contribution in [1.29, 1.82) is 0 Å². The molecule has 1 aliphatic carbocycles. The van der Waals surface area contributed by atoms with Crippen molar-refractivity contribution in [2.24, 2.45) is 5.92 Å². The van der Waals surface area contributed by atoms with Crippen LogP contribution in [0.4, 0.5) is 5.82 Å². The molecule has 1 amide bonds. The van der Waals surface area contributed by atoms with E-state index in [0.717, 1.165) is 47.8 Å². The first-order valence-corrected chi connectivity index (χ1v) is 9.79. The van der Waals surface area contributed by atoms with Crippen molar-refractivity contribution in [3.63, 3.8) is 0 Å². The van der Waals surface area contributed by atoms with Crippen LogP contribution in [0, 0.1) is 12.8 Å². The SMILES string of the molecule is Cc1ncc(-c2ccc3cnc(NC(=O)C4CCC(N(C)C)CC4)cc3c2)o1. The number of aromatic nitrogens is 2. The summed E-state index contributed by atoms with van der Waals surface area (Å²) in [6, 6.07) is 8.54. The highest BCUT2D eigenvalue weighted by Gasteiger charge is 2.27. The molecule has 1 aromatic carbocycles. The van der Waals surface area contributed by atoms with Gasteiger partial charge >= 0.3 is 0 Å². The van der Waals surface area contributed by atoms with Crippen LogP contribution in [0.25, 0.3) is 22.1 Å². The van der Waals surface area contributed by atoms with Gasteiger partial charge in [-0.25, -0.2) is 9.97 Å². The van der Waals surface area contributed by atoms with E-state index in [-0.39, 0.29) is 11.8 Å². The van der Waals surface area contributed by atoms with E-state index in [0.29, 0.717) is 17.8 Å². The number of aryl methyl sites for hydroxylation is 1. The Labute approximate surface area is 165 Å². The number of nitrogens with one attached hydrogen (secondary N) is 1. The van der Waals surface area contributed by atoms with Crippen molar-refractivity contribution >= 4 is 22.5 Å². The number of carbonyl (C=O) groups is 1. The monoisotopic (exact) mass is 378 g/mol. The molecule has 0 atom stereocenters. The molecule has 1 fully saturated rings. The number of hydrogen-bond donors (Lipinski definition) is 1. The summed E-state index contributed by atoms with van der Waals surface area (Å²) in [5.41, 5.74) is 0.957. The zero-order valence-electron chi connectivity index (χ0n) is 16.6. The Bertz CT molecular complexity index is 987. The van der Waals surface area contributed by atoms with Crippen LogP contribution in [0.2, 0.25) is 0 Å². The van der Waals surface area contributed by atoms with Crippen molar-refractivity contribution in [3.05, 3.63) is 42.5 Å². The minimum absolute atomic E-state index is 0.0669. The van der Waals surface area contributed by atoms with Gasteiger partial charge in [-0.15, -0.1) is 0 Å².